The van der Waals surface area contributed by atoms with Crippen LogP contribution in [0.25, 0.3) is 11.0 Å². The van der Waals surface area contributed by atoms with E-state index in [0.29, 0.717) is 43.2 Å². The van der Waals surface area contributed by atoms with Crippen molar-refractivity contribution in [3.8, 4) is 0 Å². The molecule has 32 heavy (non-hydrogen) atoms. The fraction of sp³-hybridized carbons (Fsp3) is 0.350. The number of halogens is 4. The molecule has 0 saturated carbocycles. The van der Waals surface area contributed by atoms with Crippen LogP contribution in [0.5, 0.6) is 0 Å². The largest absolute Gasteiger partial charge is 0.340 e. The van der Waals surface area contributed by atoms with Crippen molar-refractivity contribution in [2.45, 2.75) is 14.7 Å². The van der Waals surface area contributed by atoms with Gasteiger partial charge >= 0.3 is 0 Å². The SMILES string of the molecule is O=S(=O)(NC(Cl)(Cl)C(Cl)CN1CCN(c2nc3ccc(F)cc3[nH]2)CC1)c1ccccc1. The Morgan fingerprint density at radius 1 is 1.12 bits per heavy atom. The predicted octanol–water partition coefficient (Wildman–Crippen LogP) is 3.54. The quantitative estimate of drug-likeness (QED) is 0.368. The zero-order chi connectivity index (χ0) is 22.9. The molecule has 4 rings (SSSR count). The number of anilines is 1. The van der Waals surface area contributed by atoms with Crippen LogP contribution in [0.1, 0.15) is 0 Å². The molecule has 0 bridgehead atoms. The molecular formula is C20H21Cl3FN5O2S. The zero-order valence-electron chi connectivity index (χ0n) is 16.8. The molecule has 1 aromatic heterocycles. The highest BCUT2D eigenvalue weighted by Crippen LogP contribution is 2.30. The first-order chi connectivity index (χ1) is 15.1. The Morgan fingerprint density at radius 3 is 2.50 bits per heavy atom. The molecule has 1 fully saturated rings. The van der Waals surface area contributed by atoms with E-state index in [1.807, 2.05) is 4.90 Å². The third-order valence-corrected chi connectivity index (χ3v) is 8.35. The average Bonchev–Trinajstić information content (AvgIpc) is 3.17. The van der Waals surface area contributed by atoms with E-state index < -0.39 is 19.9 Å². The van der Waals surface area contributed by atoms with Gasteiger partial charge in [-0.1, -0.05) is 41.4 Å². The number of nitrogens with zero attached hydrogens (tertiary/aromatic N) is 3. The maximum Gasteiger partial charge on any atom is 0.243 e. The lowest BCUT2D eigenvalue weighted by Gasteiger charge is -2.37. The zero-order valence-corrected chi connectivity index (χ0v) is 19.9. The molecule has 0 radical (unpaired) electrons. The first kappa shape index (κ1) is 23.5. The third-order valence-electron chi connectivity index (χ3n) is 5.24. The van der Waals surface area contributed by atoms with Gasteiger partial charge < -0.3 is 9.88 Å². The topological polar surface area (TPSA) is 81.3 Å². The second-order valence-corrected chi connectivity index (χ2v) is 11.1. The summed E-state index contributed by atoms with van der Waals surface area (Å²) in [7, 11) is -3.93. The van der Waals surface area contributed by atoms with Crippen LogP contribution >= 0.6 is 34.8 Å². The van der Waals surface area contributed by atoms with Gasteiger partial charge in [0, 0.05) is 32.7 Å². The van der Waals surface area contributed by atoms with Crippen LogP contribution in [0, 0.1) is 5.82 Å². The molecule has 3 aromatic rings. The molecule has 7 nitrogen and oxygen atoms in total. The van der Waals surface area contributed by atoms with Crippen LogP contribution in [0.3, 0.4) is 0 Å². The van der Waals surface area contributed by atoms with E-state index in [4.69, 9.17) is 34.8 Å². The molecule has 0 aliphatic carbocycles. The minimum Gasteiger partial charge on any atom is -0.340 e. The summed E-state index contributed by atoms with van der Waals surface area (Å²) in [4.78, 5) is 11.8. The normalized spacial score (nSPS) is 17.1. The molecule has 1 aliphatic heterocycles. The fourth-order valence-electron chi connectivity index (χ4n) is 3.50. The molecular weight excluding hydrogens is 500 g/mol. The van der Waals surface area contributed by atoms with E-state index in [1.54, 1.807) is 24.3 Å². The lowest BCUT2D eigenvalue weighted by atomic mass is 10.3. The number of fused-ring (bicyclic) bond motifs is 1. The summed E-state index contributed by atoms with van der Waals surface area (Å²) in [6.45, 7) is 2.87. The minimum absolute atomic E-state index is 0.0499. The Labute approximate surface area is 200 Å². The van der Waals surface area contributed by atoms with Gasteiger partial charge in [-0.25, -0.2) is 17.8 Å². The molecule has 2 aromatic carbocycles. The second-order valence-electron chi connectivity index (χ2n) is 7.52. The molecule has 2 N–H and O–H groups in total. The van der Waals surface area contributed by atoms with Gasteiger partial charge in [-0.05, 0) is 30.3 Å². The van der Waals surface area contributed by atoms with Crippen molar-refractivity contribution >= 4 is 61.8 Å². The third kappa shape index (κ3) is 5.30. The number of H-pyrrole nitrogens is 1. The Morgan fingerprint density at radius 2 is 1.81 bits per heavy atom. The Bertz CT molecular complexity index is 1180. The van der Waals surface area contributed by atoms with Gasteiger partial charge in [-0.3, -0.25) is 4.90 Å². The highest BCUT2D eigenvalue weighted by atomic mass is 35.5. The van der Waals surface area contributed by atoms with E-state index in [-0.39, 0.29) is 17.3 Å². The van der Waals surface area contributed by atoms with E-state index >= 15 is 0 Å². The summed E-state index contributed by atoms with van der Waals surface area (Å²) < 4.78 is 38.9. The number of aromatic amines is 1. The maximum atomic E-state index is 13.4. The number of aromatic nitrogens is 2. The second kappa shape index (κ2) is 9.32. The Hall–Kier alpha value is -1.62. The average molecular weight is 521 g/mol. The van der Waals surface area contributed by atoms with Crippen molar-refractivity contribution in [2.75, 3.05) is 37.6 Å². The van der Waals surface area contributed by atoms with Crippen LogP contribution < -0.4 is 9.62 Å². The van der Waals surface area contributed by atoms with Gasteiger partial charge in [0.1, 0.15) is 5.82 Å². The summed E-state index contributed by atoms with van der Waals surface area (Å²) in [5.41, 5.74) is 1.34. The van der Waals surface area contributed by atoms with E-state index in [9.17, 15) is 12.8 Å². The lowest BCUT2D eigenvalue weighted by Crippen LogP contribution is -2.53. The first-order valence-electron chi connectivity index (χ1n) is 9.87. The van der Waals surface area contributed by atoms with Gasteiger partial charge in [0.05, 0.1) is 21.3 Å². The van der Waals surface area contributed by atoms with Crippen molar-refractivity contribution in [3.63, 3.8) is 0 Å². The van der Waals surface area contributed by atoms with Crippen LogP contribution in [0.15, 0.2) is 53.4 Å². The molecule has 2 heterocycles. The molecule has 1 aliphatic rings. The number of rotatable bonds is 7. The Balaban J connectivity index is 1.34. The summed E-state index contributed by atoms with van der Waals surface area (Å²) in [6, 6.07) is 12.2. The summed E-state index contributed by atoms with van der Waals surface area (Å²) in [5, 5.41) is -0.898. The molecule has 1 saturated heterocycles. The van der Waals surface area contributed by atoms with Gasteiger partial charge in [-0.2, -0.15) is 4.72 Å². The highest BCUT2D eigenvalue weighted by Gasteiger charge is 2.39. The minimum atomic E-state index is -3.93. The number of hydrogen-bond donors (Lipinski definition) is 2. The smallest absolute Gasteiger partial charge is 0.243 e. The van der Waals surface area contributed by atoms with Crippen LogP contribution in [0.4, 0.5) is 10.3 Å². The number of piperazine rings is 1. The monoisotopic (exact) mass is 519 g/mol. The summed E-state index contributed by atoms with van der Waals surface area (Å²) >= 11 is 19.0. The molecule has 1 unspecified atom stereocenters. The first-order valence-corrected chi connectivity index (χ1v) is 12.5. The standard InChI is InChI=1S/C20H21Cl3FN5O2S/c21-18(20(22,23)27-32(30,31)15-4-2-1-3-5-15)13-28-8-10-29(11-9-28)19-25-16-7-6-14(24)12-17(16)26-19/h1-7,12,18,27H,8-11,13H2,(H,25,26). The van der Waals surface area contributed by atoms with Gasteiger partial charge in [-0.15, -0.1) is 11.6 Å². The highest BCUT2D eigenvalue weighted by molar-refractivity contribution is 7.89. The number of benzene rings is 2. The van der Waals surface area contributed by atoms with Crippen molar-refractivity contribution in [1.29, 1.82) is 0 Å². The van der Waals surface area contributed by atoms with Crippen molar-refractivity contribution in [2.24, 2.45) is 0 Å². The maximum absolute atomic E-state index is 13.4. The van der Waals surface area contributed by atoms with Gasteiger partial charge in [0.15, 0.2) is 4.46 Å². The summed E-state index contributed by atoms with van der Waals surface area (Å²) in [6.07, 6.45) is 0. The number of hydrogen-bond acceptors (Lipinski definition) is 5. The van der Waals surface area contributed by atoms with Crippen molar-refractivity contribution in [3.05, 3.63) is 54.3 Å². The van der Waals surface area contributed by atoms with Crippen LogP contribution in [-0.2, 0) is 10.0 Å². The molecule has 172 valence electrons. The number of nitrogens with one attached hydrogen (secondary N) is 2. The van der Waals surface area contributed by atoms with Crippen molar-refractivity contribution in [1.82, 2.24) is 19.6 Å². The molecule has 12 heteroatoms. The lowest BCUT2D eigenvalue weighted by molar-refractivity contribution is 0.251. The molecule has 0 amide bonds. The van der Waals surface area contributed by atoms with Gasteiger partial charge in [0.2, 0.25) is 16.0 Å². The number of imidazole rings is 1. The summed E-state index contributed by atoms with van der Waals surface area (Å²) in [5.74, 6) is 0.353. The van der Waals surface area contributed by atoms with E-state index in [0.717, 1.165) is 0 Å². The van der Waals surface area contributed by atoms with E-state index in [2.05, 4.69) is 19.6 Å². The molecule has 1 atom stereocenters. The number of alkyl halides is 3. The van der Waals surface area contributed by atoms with E-state index in [1.165, 1.54) is 24.3 Å². The van der Waals surface area contributed by atoms with Crippen LogP contribution in [0.2, 0.25) is 0 Å². The number of sulfonamides is 1. The van der Waals surface area contributed by atoms with Crippen molar-refractivity contribution < 1.29 is 12.8 Å². The van der Waals surface area contributed by atoms with Crippen LogP contribution in [-0.4, -0.2) is 65.8 Å². The fourth-order valence-corrected chi connectivity index (χ4v) is 5.70. The predicted molar refractivity (Wildman–Crippen MR) is 126 cm³/mol. The Kier molecular flexibility index (Phi) is 6.86. The van der Waals surface area contributed by atoms with Gasteiger partial charge in [0.25, 0.3) is 0 Å². The molecule has 0 spiro atoms.